The summed E-state index contributed by atoms with van der Waals surface area (Å²) in [5.41, 5.74) is 1.20. The molecule has 0 aromatic heterocycles. The Kier molecular flexibility index (Phi) is 6.60. The largest absolute Gasteiger partial charge is 0.335 e. The van der Waals surface area contributed by atoms with Crippen molar-refractivity contribution in [2.75, 3.05) is 5.75 Å². The van der Waals surface area contributed by atoms with Crippen LogP contribution in [0.3, 0.4) is 0 Å². The fraction of sp³-hybridized carbons (Fsp3) is 0.588. The lowest BCUT2D eigenvalue weighted by Gasteiger charge is -2.30. The van der Waals surface area contributed by atoms with Crippen molar-refractivity contribution in [3.8, 4) is 0 Å². The Morgan fingerprint density at radius 2 is 1.85 bits per heavy atom. The first-order valence-electron chi connectivity index (χ1n) is 7.31. The van der Waals surface area contributed by atoms with Crippen LogP contribution in [0.1, 0.15) is 46.6 Å². The molecule has 0 aliphatic rings. The van der Waals surface area contributed by atoms with Gasteiger partial charge in [-0.2, -0.15) is 0 Å². The highest BCUT2D eigenvalue weighted by Crippen LogP contribution is 2.24. The summed E-state index contributed by atoms with van der Waals surface area (Å²) in [5, 5.41) is 0. The fourth-order valence-corrected chi connectivity index (χ4v) is 2.57. The highest BCUT2D eigenvalue weighted by atomic mass is 32.2. The number of amides is 1. The van der Waals surface area contributed by atoms with E-state index in [-0.39, 0.29) is 16.7 Å². The van der Waals surface area contributed by atoms with Gasteiger partial charge in [-0.25, -0.2) is 0 Å². The number of nitrogens with zero attached hydrogens (tertiary/aromatic N) is 1. The molecule has 112 valence electrons. The standard InChI is InChI=1S/C17H27NOS/c1-6-14(2)18(12-15-10-8-7-9-11-15)16(19)13-20-17(3,4)5/h7-11,14H,6,12-13H2,1-5H3. The highest BCUT2D eigenvalue weighted by molar-refractivity contribution is 8.01. The van der Waals surface area contributed by atoms with Gasteiger partial charge in [0.15, 0.2) is 0 Å². The molecule has 0 aliphatic heterocycles. The van der Waals surface area contributed by atoms with E-state index in [1.165, 1.54) is 5.56 Å². The van der Waals surface area contributed by atoms with Gasteiger partial charge >= 0.3 is 0 Å². The fourth-order valence-electron chi connectivity index (χ4n) is 1.85. The van der Waals surface area contributed by atoms with Crippen molar-refractivity contribution in [3.63, 3.8) is 0 Å². The molecule has 1 atom stereocenters. The molecule has 0 spiro atoms. The molecule has 1 rings (SSSR count). The van der Waals surface area contributed by atoms with Crippen molar-refractivity contribution in [3.05, 3.63) is 35.9 Å². The van der Waals surface area contributed by atoms with Crippen LogP contribution in [0.15, 0.2) is 30.3 Å². The number of rotatable bonds is 6. The Bertz CT molecular complexity index is 411. The Morgan fingerprint density at radius 3 is 2.35 bits per heavy atom. The Labute approximate surface area is 127 Å². The van der Waals surface area contributed by atoms with Gasteiger partial charge in [0.05, 0.1) is 5.75 Å². The Hall–Kier alpha value is -0.960. The molecule has 0 bridgehead atoms. The van der Waals surface area contributed by atoms with Crippen molar-refractivity contribution in [1.82, 2.24) is 4.90 Å². The van der Waals surface area contributed by atoms with Gasteiger partial charge in [-0.05, 0) is 18.9 Å². The number of thioether (sulfide) groups is 1. The maximum Gasteiger partial charge on any atom is 0.233 e. The van der Waals surface area contributed by atoms with Crippen LogP contribution in [-0.4, -0.2) is 27.3 Å². The molecule has 0 fully saturated rings. The van der Waals surface area contributed by atoms with Gasteiger partial charge in [-0.15, -0.1) is 11.8 Å². The molecule has 1 amide bonds. The lowest BCUT2D eigenvalue weighted by Crippen LogP contribution is -2.39. The van der Waals surface area contributed by atoms with Crippen LogP contribution < -0.4 is 0 Å². The van der Waals surface area contributed by atoms with Crippen LogP contribution in [0.4, 0.5) is 0 Å². The molecule has 0 radical (unpaired) electrons. The van der Waals surface area contributed by atoms with Crippen LogP contribution in [-0.2, 0) is 11.3 Å². The van der Waals surface area contributed by atoms with Crippen molar-refractivity contribution in [2.24, 2.45) is 0 Å². The van der Waals surface area contributed by atoms with Gasteiger partial charge in [0.25, 0.3) is 0 Å². The van der Waals surface area contributed by atoms with Gasteiger partial charge in [0.1, 0.15) is 0 Å². The Morgan fingerprint density at radius 1 is 1.25 bits per heavy atom. The van der Waals surface area contributed by atoms with Crippen LogP contribution >= 0.6 is 11.8 Å². The maximum absolute atomic E-state index is 12.5. The molecule has 20 heavy (non-hydrogen) atoms. The minimum absolute atomic E-state index is 0.129. The van der Waals surface area contributed by atoms with E-state index in [2.05, 4.69) is 46.8 Å². The summed E-state index contributed by atoms with van der Waals surface area (Å²) >= 11 is 1.72. The number of carbonyl (C=O) groups is 1. The molecule has 2 nitrogen and oxygen atoms in total. The van der Waals surface area contributed by atoms with E-state index in [1.54, 1.807) is 11.8 Å². The minimum Gasteiger partial charge on any atom is -0.335 e. The topological polar surface area (TPSA) is 20.3 Å². The average Bonchev–Trinajstić information content (AvgIpc) is 2.41. The van der Waals surface area contributed by atoms with Crippen LogP contribution in [0.5, 0.6) is 0 Å². The first-order chi connectivity index (χ1) is 9.33. The van der Waals surface area contributed by atoms with E-state index in [4.69, 9.17) is 0 Å². The van der Waals surface area contributed by atoms with E-state index in [9.17, 15) is 4.79 Å². The number of carbonyl (C=O) groups excluding carboxylic acids is 1. The third-order valence-corrected chi connectivity index (χ3v) is 4.52. The van der Waals surface area contributed by atoms with Gasteiger partial charge < -0.3 is 4.90 Å². The zero-order chi connectivity index (χ0) is 15.2. The summed E-state index contributed by atoms with van der Waals surface area (Å²) in [6.07, 6.45) is 0.985. The molecule has 1 unspecified atom stereocenters. The average molecular weight is 293 g/mol. The van der Waals surface area contributed by atoms with E-state index >= 15 is 0 Å². The van der Waals surface area contributed by atoms with E-state index in [0.717, 1.165) is 6.42 Å². The maximum atomic E-state index is 12.5. The highest BCUT2D eigenvalue weighted by Gasteiger charge is 2.21. The predicted molar refractivity (Wildman–Crippen MR) is 89.0 cm³/mol. The molecule has 0 aliphatic carbocycles. The van der Waals surface area contributed by atoms with E-state index < -0.39 is 0 Å². The normalized spacial score (nSPS) is 13.1. The third-order valence-electron chi connectivity index (χ3n) is 3.27. The van der Waals surface area contributed by atoms with Crippen molar-refractivity contribution >= 4 is 17.7 Å². The van der Waals surface area contributed by atoms with Gasteiger partial charge in [0.2, 0.25) is 5.91 Å². The second-order valence-corrected chi connectivity index (χ2v) is 7.97. The van der Waals surface area contributed by atoms with Crippen LogP contribution in [0.2, 0.25) is 0 Å². The molecule has 3 heteroatoms. The van der Waals surface area contributed by atoms with Crippen LogP contribution in [0, 0.1) is 0 Å². The number of benzene rings is 1. The van der Waals surface area contributed by atoms with Crippen molar-refractivity contribution < 1.29 is 4.79 Å². The summed E-state index contributed by atoms with van der Waals surface area (Å²) in [4.78, 5) is 14.5. The van der Waals surface area contributed by atoms with Gasteiger partial charge in [0, 0.05) is 17.3 Å². The lowest BCUT2D eigenvalue weighted by molar-refractivity contribution is -0.131. The van der Waals surface area contributed by atoms with Gasteiger partial charge in [-0.3, -0.25) is 4.79 Å². The molecule has 1 aromatic rings. The number of hydrogen-bond donors (Lipinski definition) is 0. The summed E-state index contributed by atoms with van der Waals surface area (Å²) < 4.78 is 0.129. The second-order valence-electron chi connectivity index (χ2n) is 6.17. The summed E-state index contributed by atoms with van der Waals surface area (Å²) in [5.74, 6) is 0.795. The van der Waals surface area contributed by atoms with E-state index in [1.807, 2.05) is 23.1 Å². The minimum atomic E-state index is 0.129. The summed E-state index contributed by atoms with van der Waals surface area (Å²) in [6.45, 7) is 11.4. The lowest BCUT2D eigenvalue weighted by atomic mass is 10.1. The first kappa shape index (κ1) is 17.1. The molecule has 0 N–H and O–H groups in total. The molecule has 0 saturated carbocycles. The predicted octanol–water partition coefficient (Wildman–Crippen LogP) is 4.35. The van der Waals surface area contributed by atoms with Crippen LogP contribution in [0.25, 0.3) is 0 Å². The molecule has 0 saturated heterocycles. The quantitative estimate of drug-likeness (QED) is 0.777. The van der Waals surface area contributed by atoms with E-state index in [0.29, 0.717) is 12.3 Å². The van der Waals surface area contributed by atoms with Crippen molar-refractivity contribution in [1.29, 1.82) is 0 Å². The molecular formula is C17H27NOS. The third kappa shape index (κ3) is 6.00. The first-order valence-corrected chi connectivity index (χ1v) is 8.29. The van der Waals surface area contributed by atoms with Crippen molar-refractivity contribution in [2.45, 2.75) is 58.4 Å². The Balaban J connectivity index is 2.71. The SMILES string of the molecule is CCC(C)N(Cc1ccccc1)C(=O)CSC(C)(C)C. The zero-order valence-electron chi connectivity index (χ0n) is 13.3. The smallest absolute Gasteiger partial charge is 0.233 e. The number of hydrogen-bond acceptors (Lipinski definition) is 2. The molecule has 0 heterocycles. The second kappa shape index (κ2) is 7.72. The summed E-state index contributed by atoms with van der Waals surface area (Å²) in [6, 6.07) is 10.5. The summed E-state index contributed by atoms with van der Waals surface area (Å²) in [7, 11) is 0. The van der Waals surface area contributed by atoms with Gasteiger partial charge in [-0.1, -0.05) is 58.0 Å². The molecule has 1 aromatic carbocycles. The monoisotopic (exact) mass is 293 g/mol. The zero-order valence-corrected chi connectivity index (χ0v) is 14.2. The molecular weight excluding hydrogens is 266 g/mol.